The molecule has 0 bridgehead atoms. The van der Waals surface area contributed by atoms with Crippen molar-refractivity contribution in [2.45, 2.75) is 37.9 Å². The molecule has 0 aromatic heterocycles. The molecule has 0 fully saturated rings. The van der Waals surface area contributed by atoms with Gasteiger partial charge in [0.1, 0.15) is 0 Å². The molecule has 4 unspecified atom stereocenters. The van der Waals surface area contributed by atoms with Crippen LogP contribution in [0.3, 0.4) is 0 Å². The molecule has 0 amide bonds. The lowest BCUT2D eigenvalue weighted by Crippen LogP contribution is -2.30. The van der Waals surface area contributed by atoms with Crippen molar-refractivity contribution in [3.05, 3.63) is 35.4 Å². The molecule has 4 heteroatoms. The molecule has 3 nitrogen and oxygen atoms in total. The third-order valence-electron chi connectivity index (χ3n) is 3.58. The summed E-state index contributed by atoms with van der Waals surface area (Å²) in [6.07, 6.45) is 3.66. The molecule has 1 aliphatic rings. The molecule has 2 rings (SSSR count). The summed E-state index contributed by atoms with van der Waals surface area (Å²) in [6, 6.07) is 9.25. The van der Waals surface area contributed by atoms with E-state index in [1.807, 2.05) is 6.07 Å². The van der Waals surface area contributed by atoms with E-state index in [0.29, 0.717) is 12.1 Å². The van der Waals surface area contributed by atoms with E-state index < -0.39 is 10.8 Å². The Morgan fingerprint density at radius 3 is 2.78 bits per heavy atom. The Hall–Kier alpha value is -0.710. The smallest absolute Gasteiger partial charge is 0.0343 e. The lowest BCUT2D eigenvalue weighted by Gasteiger charge is -2.20. The van der Waals surface area contributed by atoms with Gasteiger partial charge in [0.25, 0.3) is 0 Å². The maximum atomic E-state index is 11.1. The second-order valence-electron chi connectivity index (χ2n) is 5.16. The zero-order valence-electron chi connectivity index (χ0n) is 11.1. The zero-order chi connectivity index (χ0) is 13.1. The fourth-order valence-corrected chi connectivity index (χ4v) is 3.29. The van der Waals surface area contributed by atoms with Crippen molar-refractivity contribution in [3.63, 3.8) is 0 Å². The number of nitrogens with two attached hydrogens (primary N) is 1. The van der Waals surface area contributed by atoms with Crippen molar-refractivity contribution in [2.24, 2.45) is 5.73 Å². The first-order chi connectivity index (χ1) is 8.58. The third-order valence-corrected chi connectivity index (χ3v) is 4.40. The Balaban J connectivity index is 1.97. The fourth-order valence-electron chi connectivity index (χ4n) is 2.60. The molecule has 0 saturated carbocycles. The van der Waals surface area contributed by atoms with Gasteiger partial charge in [0.2, 0.25) is 0 Å². The van der Waals surface area contributed by atoms with Gasteiger partial charge in [0, 0.05) is 40.9 Å². The molecule has 0 heterocycles. The molecule has 0 aliphatic heterocycles. The van der Waals surface area contributed by atoms with Crippen LogP contribution in [0.4, 0.5) is 0 Å². The fraction of sp³-hybridized carbons (Fsp3) is 0.571. The monoisotopic (exact) mass is 266 g/mol. The van der Waals surface area contributed by atoms with Gasteiger partial charge in [0.05, 0.1) is 0 Å². The molecule has 1 aromatic carbocycles. The van der Waals surface area contributed by atoms with E-state index in [1.54, 1.807) is 6.26 Å². The maximum Gasteiger partial charge on any atom is 0.0343 e. The highest BCUT2D eigenvalue weighted by atomic mass is 32.2. The van der Waals surface area contributed by atoms with Gasteiger partial charge in [-0.15, -0.1) is 0 Å². The summed E-state index contributed by atoms with van der Waals surface area (Å²) in [5.74, 6) is 0.759. The van der Waals surface area contributed by atoms with Crippen LogP contribution in [0.1, 0.15) is 43.0 Å². The van der Waals surface area contributed by atoms with E-state index in [4.69, 9.17) is 5.73 Å². The van der Waals surface area contributed by atoms with Crippen LogP contribution in [-0.2, 0) is 10.8 Å². The second-order valence-corrected chi connectivity index (χ2v) is 6.71. The highest BCUT2D eigenvalue weighted by Gasteiger charge is 2.28. The maximum absolute atomic E-state index is 11.1. The standard InChI is InChI=1S/C14H22N2OS/c1-10(7-8-18(2)17)16-14-9-13(15)11-5-3-4-6-12(11)14/h3-6,10,13-14,16H,7-9,15H2,1-2H3. The number of nitrogens with one attached hydrogen (secondary N) is 1. The highest BCUT2D eigenvalue weighted by molar-refractivity contribution is 7.84. The van der Waals surface area contributed by atoms with Crippen LogP contribution >= 0.6 is 0 Å². The average molecular weight is 266 g/mol. The number of rotatable bonds is 5. The zero-order valence-corrected chi connectivity index (χ0v) is 11.9. The van der Waals surface area contributed by atoms with Crippen LogP contribution < -0.4 is 11.1 Å². The van der Waals surface area contributed by atoms with E-state index in [0.717, 1.165) is 18.6 Å². The van der Waals surface area contributed by atoms with E-state index in [1.165, 1.54) is 11.1 Å². The van der Waals surface area contributed by atoms with Gasteiger partial charge in [-0.25, -0.2) is 0 Å². The summed E-state index contributed by atoms with van der Waals surface area (Å²) in [5.41, 5.74) is 8.74. The summed E-state index contributed by atoms with van der Waals surface area (Å²) in [4.78, 5) is 0. The van der Waals surface area contributed by atoms with E-state index >= 15 is 0 Å². The Bertz CT molecular complexity index is 436. The van der Waals surface area contributed by atoms with Crippen molar-refractivity contribution in [2.75, 3.05) is 12.0 Å². The third kappa shape index (κ3) is 3.19. The molecule has 3 N–H and O–H groups in total. The second kappa shape index (κ2) is 5.95. The van der Waals surface area contributed by atoms with E-state index in [2.05, 4.69) is 30.4 Å². The van der Waals surface area contributed by atoms with Gasteiger partial charge in [-0.05, 0) is 30.9 Å². The molecule has 0 spiro atoms. The van der Waals surface area contributed by atoms with Crippen molar-refractivity contribution >= 4 is 10.8 Å². The minimum absolute atomic E-state index is 0.145. The van der Waals surface area contributed by atoms with Crippen LogP contribution in [0.5, 0.6) is 0 Å². The molecule has 4 atom stereocenters. The SMILES string of the molecule is CC(CCS(C)=O)NC1CC(N)c2ccccc21. The van der Waals surface area contributed by atoms with Crippen LogP contribution in [0.25, 0.3) is 0 Å². The molecule has 0 saturated heterocycles. The molecule has 100 valence electrons. The number of hydrogen-bond donors (Lipinski definition) is 2. The number of benzene rings is 1. The summed E-state index contributed by atoms with van der Waals surface area (Å²) in [5, 5.41) is 3.61. The molecule has 0 radical (unpaired) electrons. The van der Waals surface area contributed by atoms with Crippen LogP contribution in [-0.4, -0.2) is 22.3 Å². The Kier molecular flexibility index (Phi) is 4.54. The van der Waals surface area contributed by atoms with Crippen LogP contribution in [0.15, 0.2) is 24.3 Å². The van der Waals surface area contributed by atoms with Crippen molar-refractivity contribution < 1.29 is 4.21 Å². The summed E-state index contributed by atoms with van der Waals surface area (Å²) in [7, 11) is -0.706. The van der Waals surface area contributed by atoms with Gasteiger partial charge in [-0.1, -0.05) is 24.3 Å². The first kappa shape index (κ1) is 13.7. The highest BCUT2D eigenvalue weighted by Crippen LogP contribution is 2.37. The van der Waals surface area contributed by atoms with Crippen molar-refractivity contribution in [1.29, 1.82) is 0 Å². The summed E-state index contributed by atoms with van der Waals surface area (Å²) in [6.45, 7) is 2.15. The Labute approximate surface area is 112 Å². The van der Waals surface area contributed by atoms with Crippen LogP contribution in [0.2, 0.25) is 0 Å². The number of hydrogen-bond acceptors (Lipinski definition) is 3. The molecular weight excluding hydrogens is 244 g/mol. The molecule has 18 heavy (non-hydrogen) atoms. The normalized spacial score (nSPS) is 25.7. The van der Waals surface area contributed by atoms with E-state index in [9.17, 15) is 4.21 Å². The van der Waals surface area contributed by atoms with Gasteiger partial charge in [-0.3, -0.25) is 4.21 Å². The molecule has 1 aliphatic carbocycles. The van der Waals surface area contributed by atoms with Gasteiger partial charge < -0.3 is 11.1 Å². The molecule has 1 aromatic rings. The largest absolute Gasteiger partial charge is 0.324 e. The van der Waals surface area contributed by atoms with Gasteiger partial charge in [0.15, 0.2) is 0 Å². The predicted octanol–water partition coefficient (Wildman–Crippen LogP) is 1.88. The van der Waals surface area contributed by atoms with E-state index in [-0.39, 0.29) is 6.04 Å². The first-order valence-corrected chi connectivity index (χ1v) is 8.21. The van der Waals surface area contributed by atoms with Crippen molar-refractivity contribution in [3.8, 4) is 0 Å². The number of fused-ring (bicyclic) bond motifs is 1. The summed E-state index contributed by atoms with van der Waals surface area (Å²) >= 11 is 0. The Morgan fingerprint density at radius 1 is 1.44 bits per heavy atom. The first-order valence-electron chi connectivity index (χ1n) is 6.48. The molecular formula is C14H22N2OS. The summed E-state index contributed by atoms with van der Waals surface area (Å²) < 4.78 is 11.1. The van der Waals surface area contributed by atoms with Crippen molar-refractivity contribution in [1.82, 2.24) is 5.32 Å². The topological polar surface area (TPSA) is 55.1 Å². The minimum atomic E-state index is -0.706. The Morgan fingerprint density at radius 2 is 2.11 bits per heavy atom. The lowest BCUT2D eigenvalue weighted by molar-refractivity contribution is 0.430. The van der Waals surface area contributed by atoms with Crippen LogP contribution in [0, 0.1) is 0 Å². The average Bonchev–Trinajstić information content (AvgIpc) is 2.65. The van der Waals surface area contributed by atoms with Gasteiger partial charge in [-0.2, -0.15) is 0 Å². The predicted molar refractivity (Wildman–Crippen MR) is 76.9 cm³/mol. The lowest BCUT2D eigenvalue weighted by atomic mass is 10.1. The minimum Gasteiger partial charge on any atom is -0.324 e. The van der Waals surface area contributed by atoms with Gasteiger partial charge >= 0.3 is 0 Å². The quantitative estimate of drug-likeness (QED) is 0.855.